The van der Waals surface area contributed by atoms with Crippen LogP contribution in [-0.4, -0.2) is 10.1 Å². The molecular formula is C7H10Cl2O. The lowest BCUT2D eigenvalue weighted by molar-refractivity contribution is -0.118. The van der Waals surface area contributed by atoms with Gasteiger partial charge < -0.3 is 0 Å². The number of hydrogen-bond acceptors (Lipinski definition) is 1. The first-order valence-electron chi connectivity index (χ1n) is 3.20. The Balaban J connectivity index is 2.81. The molecule has 1 fully saturated rings. The molecule has 0 amide bonds. The molecule has 0 aromatic carbocycles. The maximum Gasteiger partial charge on any atom is 0.136 e. The number of alkyl halides is 2. The topological polar surface area (TPSA) is 17.1 Å². The summed E-state index contributed by atoms with van der Waals surface area (Å²) in [7, 11) is 0. The molecule has 0 aromatic heterocycles. The van der Waals surface area contributed by atoms with Crippen LogP contribution < -0.4 is 0 Å². The van der Waals surface area contributed by atoms with Crippen LogP contribution >= 0.6 is 23.2 Å². The van der Waals surface area contributed by atoms with Crippen molar-refractivity contribution in [1.82, 2.24) is 0 Å². The molecule has 1 aliphatic rings. The Bertz CT molecular complexity index is 170. The molecule has 0 saturated heterocycles. The Labute approximate surface area is 70.7 Å². The van der Waals surface area contributed by atoms with Gasteiger partial charge in [0.1, 0.15) is 10.1 Å². The molecule has 10 heavy (non-hydrogen) atoms. The van der Waals surface area contributed by atoms with Gasteiger partial charge in [0.2, 0.25) is 0 Å². The summed E-state index contributed by atoms with van der Waals surface area (Å²) in [4.78, 5) is 10.9. The first-order valence-corrected chi connectivity index (χ1v) is 3.95. The standard InChI is InChI=1S/C7H10Cl2O/c1-4(10)5-6(2,3)7(5,8)9/h5H,1-3H3. The van der Waals surface area contributed by atoms with E-state index >= 15 is 0 Å². The second-order valence-electron chi connectivity index (χ2n) is 3.39. The molecule has 0 radical (unpaired) electrons. The van der Waals surface area contributed by atoms with Crippen molar-refractivity contribution in [1.29, 1.82) is 0 Å². The highest BCUT2D eigenvalue weighted by atomic mass is 35.5. The van der Waals surface area contributed by atoms with Gasteiger partial charge in [0, 0.05) is 5.41 Å². The zero-order chi connectivity index (χ0) is 8.15. The predicted molar refractivity (Wildman–Crippen MR) is 42.4 cm³/mol. The number of carbonyl (C=O) groups is 1. The van der Waals surface area contributed by atoms with Crippen LogP contribution in [0, 0.1) is 11.3 Å². The quantitative estimate of drug-likeness (QED) is 0.567. The number of Topliss-reactive ketones (excluding diaryl/α,β-unsaturated/α-hetero) is 1. The van der Waals surface area contributed by atoms with Crippen molar-refractivity contribution in [3.63, 3.8) is 0 Å². The maximum atomic E-state index is 10.9. The average molecular weight is 181 g/mol. The van der Waals surface area contributed by atoms with Crippen molar-refractivity contribution in [3.8, 4) is 0 Å². The molecule has 0 aliphatic heterocycles. The lowest BCUT2D eigenvalue weighted by Gasteiger charge is -1.98. The largest absolute Gasteiger partial charge is 0.300 e. The summed E-state index contributed by atoms with van der Waals surface area (Å²) < 4.78 is -0.821. The Morgan fingerprint density at radius 2 is 1.70 bits per heavy atom. The minimum atomic E-state index is -0.821. The summed E-state index contributed by atoms with van der Waals surface area (Å²) in [6, 6.07) is 0. The van der Waals surface area contributed by atoms with E-state index in [1.807, 2.05) is 13.8 Å². The molecule has 1 unspecified atom stereocenters. The molecule has 1 saturated carbocycles. The summed E-state index contributed by atoms with van der Waals surface area (Å²) in [5, 5.41) is 0. The van der Waals surface area contributed by atoms with Gasteiger partial charge in [-0.15, -0.1) is 23.2 Å². The van der Waals surface area contributed by atoms with Gasteiger partial charge in [0.05, 0.1) is 5.92 Å². The Morgan fingerprint density at radius 3 is 1.70 bits per heavy atom. The number of carbonyl (C=O) groups excluding carboxylic acids is 1. The van der Waals surface area contributed by atoms with Crippen molar-refractivity contribution in [3.05, 3.63) is 0 Å². The average Bonchev–Trinajstić information content (AvgIpc) is 1.97. The smallest absolute Gasteiger partial charge is 0.136 e. The Hall–Kier alpha value is 0.250. The van der Waals surface area contributed by atoms with Crippen molar-refractivity contribution < 1.29 is 4.79 Å². The summed E-state index contributed by atoms with van der Waals surface area (Å²) in [5.74, 6) is -0.0988. The molecule has 0 spiro atoms. The molecule has 0 heterocycles. The van der Waals surface area contributed by atoms with Gasteiger partial charge in [-0.05, 0) is 6.92 Å². The fourth-order valence-electron chi connectivity index (χ4n) is 1.42. The van der Waals surface area contributed by atoms with E-state index in [0.29, 0.717) is 0 Å². The van der Waals surface area contributed by atoms with E-state index in [-0.39, 0.29) is 17.1 Å². The fraction of sp³-hybridized carbons (Fsp3) is 0.857. The number of hydrogen-bond donors (Lipinski definition) is 0. The zero-order valence-corrected chi connectivity index (χ0v) is 7.75. The van der Waals surface area contributed by atoms with E-state index < -0.39 is 4.33 Å². The van der Waals surface area contributed by atoms with Gasteiger partial charge in [-0.25, -0.2) is 0 Å². The van der Waals surface area contributed by atoms with E-state index in [1.54, 1.807) is 0 Å². The van der Waals surface area contributed by atoms with E-state index in [0.717, 1.165) is 0 Å². The molecule has 1 rings (SSSR count). The second-order valence-corrected chi connectivity index (χ2v) is 4.77. The number of rotatable bonds is 1. The third-order valence-electron chi connectivity index (χ3n) is 2.27. The third-order valence-corrected chi connectivity index (χ3v) is 3.68. The van der Waals surface area contributed by atoms with Crippen LogP contribution in [0.25, 0.3) is 0 Å². The van der Waals surface area contributed by atoms with Crippen LogP contribution in [0.4, 0.5) is 0 Å². The second kappa shape index (κ2) is 1.89. The molecule has 0 aromatic rings. The summed E-state index contributed by atoms with van der Waals surface area (Å²) in [5.41, 5.74) is -0.234. The minimum Gasteiger partial charge on any atom is -0.300 e. The fourth-order valence-corrected chi connectivity index (χ4v) is 2.38. The van der Waals surface area contributed by atoms with Crippen molar-refractivity contribution in [2.75, 3.05) is 0 Å². The Morgan fingerprint density at radius 1 is 1.40 bits per heavy atom. The highest BCUT2D eigenvalue weighted by Crippen LogP contribution is 2.68. The monoisotopic (exact) mass is 180 g/mol. The van der Waals surface area contributed by atoms with Crippen LogP contribution in [0.15, 0.2) is 0 Å². The van der Waals surface area contributed by atoms with Gasteiger partial charge in [-0.3, -0.25) is 4.79 Å². The van der Waals surface area contributed by atoms with Gasteiger partial charge in [0.25, 0.3) is 0 Å². The van der Waals surface area contributed by atoms with Crippen LogP contribution in [-0.2, 0) is 4.79 Å². The molecule has 0 bridgehead atoms. The Kier molecular flexibility index (Phi) is 1.58. The van der Waals surface area contributed by atoms with E-state index in [4.69, 9.17) is 23.2 Å². The highest BCUT2D eigenvalue weighted by molar-refractivity contribution is 6.53. The van der Waals surface area contributed by atoms with E-state index in [9.17, 15) is 4.79 Å². The molecular weight excluding hydrogens is 171 g/mol. The van der Waals surface area contributed by atoms with E-state index in [1.165, 1.54) is 6.92 Å². The van der Waals surface area contributed by atoms with Crippen LogP contribution in [0.3, 0.4) is 0 Å². The van der Waals surface area contributed by atoms with Crippen molar-refractivity contribution >= 4 is 29.0 Å². The van der Waals surface area contributed by atoms with Crippen molar-refractivity contribution in [2.45, 2.75) is 25.1 Å². The summed E-state index contributed by atoms with van der Waals surface area (Å²) >= 11 is 11.7. The van der Waals surface area contributed by atoms with Gasteiger partial charge in [0.15, 0.2) is 0 Å². The maximum absolute atomic E-state index is 10.9. The van der Waals surface area contributed by atoms with Gasteiger partial charge in [-0.2, -0.15) is 0 Å². The molecule has 58 valence electrons. The molecule has 1 aliphatic carbocycles. The molecule has 3 heteroatoms. The highest BCUT2D eigenvalue weighted by Gasteiger charge is 2.72. The molecule has 0 N–H and O–H groups in total. The first kappa shape index (κ1) is 8.35. The number of ketones is 1. The van der Waals surface area contributed by atoms with Crippen LogP contribution in [0.2, 0.25) is 0 Å². The van der Waals surface area contributed by atoms with Gasteiger partial charge in [-0.1, -0.05) is 13.8 Å². The van der Waals surface area contributed by atoms with Crippen molar-refractivity contribution in [2.24, 2.45) is 11.3 Å². The molecule has 1 nitrogen and oxygen atoms in total. The third kappa shape index (κ3) is 0.802. The molecule has 1 atom stereocenters. The van der Waals surface area contributed by atoms with Gasteiger partial charge >= 0.3 is 0 Å². The van der Waals surface area contributed by atoms with Crippen LogP contribution in [0.1, 0.15) is 20.8 Å². The normalized spacial score (nSPS) is 33.5. The summed E-state index contributed by atoms with van der Waals surface area (Å²) in [6.45, 7) is 5.33. The SMILES string of the molecule is CC(=O)C1C(C)(C)C1(Cl)Cl. The zero-order valence-electron chi connectivity index (χ0n) is 6.24. The lowest BCUT2D eigenvalue weighted by atomic mass is 10.1. The van der Waals surface area contributed by atoms with E-state index in [2.05, 4.69) is 0 Å². The van der Waals surface area contributed by atoms with Crippen LogP contribution in [0.5, 0.6) is 0 Å². The first-order chi connectivity index (χ1) is 4.32. The lowest BCUT2D eigenvalue weighted by Crippen LogP contribution is -1.99. The number of halogens is 2. The predicted octanol–water partition coefficient (Wildman–Crippen LogP) is 2.41. The summed E-state index contributed by atoms with van der Waals surface area (Å²) in [6.07, 6.45) is 0. The minimum absolute atomic E-state index is 0.0787.